The van der Waals surface area contributed by atoms with Crippen molar-refractivity contribution in [2.24, 2.45) is 62.6 Å². The molecule has 3 fully saturated rings. The fourth-order valence-corrected chi connectivity index (χ4v) is 9.99. The first-order valence-corrected chi connectivity index (χ1v) is 45.7. The molecule has 2 aromatic carbocycles. The number of aryl methyl sites for hydroxylation is 1. The number of hydrogen-bond donors (Lipinski definition) is 1. The maximum absolute atomic E-state index is 12.6. The Morgan fingerprint density at radius 2 is 0.737 bits per heavy atom. The highest BCUT2D eigenvalue weighted by atomic mass is 19.4. The van der Waals surface area contributed by atoms with Gasteiger partial charge in [0.1, 0.15) is 22.6 Å². The van der Waals surface area contributed by atoms with Crippen LogP contribution < -0.4 is 4.74 Å². The van der Waals surface area contributed by atoms with Gasteiger partial charge < -0.3 is 43.0 Å². The van der Waals surface area contributed by atoms with Crippen molar-refractivity contribution < 1.29 is 152 Å². The molecule has 2 aromatic rings. The van der Waals surface area contributed by atoms with Crippen molar-refractivity contribution >= 4 is 53.6 Å². The van der Waals surface area contributed by atoms with E-state index in [0.29, 0.717) is 43.1 Å². The molecular formula is C99H164F15NO18. The van der Waals surface area contributed by atoms with E-state index in [0.717, 1.165) is 77.0 Å². The summed E-state index contributed by atoms with van der Waals surface area (Å²) in [5.41, 5.74) is -6.07. The Hall–Kier alpha value is -7.10. The van der Waals surface area contributed by atoms with Crippen molar-refractivity contribution in [3.8, 4) is 5.75 Å². The molecule has 133 heavy (non-hydrogen) atoms. The number of benzene rings is 2. The molecule has 1 aliphatic carbocycles. The first-order chi connectivity index (χ1) is 59.4. The number of cyclic esters (lactones) is 2. The number of carbonyl (C=O) groups is 9. The Bertz CT molecular complexity index is 3710. The van der Waals surface area contributed by atoms with Gasteiger partial charge in [-0.25, -0.2) is 0 Å². The molecule has 2 saturated heterocycles. The van der Waals surface area contributed by atoms with Gasteiger partial charge in [-0.3, -0.25) is 48.1 Å². The van der Waals surface area contributed by atoms with Crippen molar-refractivity contribution in [3.63, 3.8) is 0 Å². The van der Waals surface area contributed by atoms with E-state index in [2.05, 4.69) is 39.7 Å². The fraction of sp³-hybridized carbons (Fsp3) is 0.788. The summed E-state index contributed by atoms with van der Waals surface area (Å²) >= 11 is 0. The second-order valence-corrected chi connectivity index (χ2v) is 40.4. The van der Waals surface area contributed by atoms with E-state index in [9.17, 15) is 114 Å². The zero-order valence-corrected chi connectivity index (χ0v) is 87.0. The number of aliphatic hydroxyl groups is 1. The topological polar surface area (TPSA) is 251 Å². The molecule has 0 radical (unpaired) electrons. The molecule has 11 unspecified atom stereocenters. The smallest absolute Gasteiger partial charge is 0.425 e. The van der Waals surface area contributed by atoms with Crippen molar-refractivity contribution in [1.29, 1.82) is 0 Å². The van der Waals surface area contributed by atoms with Gasteiger partial charge in [0.15, 0.2) is 23.9 Å². The highest BCUT2D eigenvalue weighted by Gasteiger charge is 2.52. The summed E-state index contributed by atoms with van der Waals surface area (Å²) < 4.78 is 222. The number of imide groups is 1. The van der Waals surface area contributed by atoms with Gasteiger partial charge in [0.2, 0.25) is 11.8 Å². The summed E-state index contributed by atoms with van der Waals surface area (Å²) in [6, 6.07) is 9.25. The summed E-state index contributed by atoms with van der Waals surface area (Å²) in [5.74, 6) is -1.70. The number of carbonyl (C=O) groups excluding carboxylic acids is 9. The largest absolute Gasteiger partial charge is 0.460 e. The Morgan fingerprint density at radius 3 is 0.992 bits per heavy atom. The summed E-state index contributed by atoms with van der Waals surface area (Å²) in [7, 11) is 1.53. The highest BCUT2D eigenvalue weighted by molar-refractivity contribution is 6.04. The number of alkyl halides is 15. The number of esters is 7. The van der Waals surface area contributed by atoms with Crippen molar-refractivity contribution in [1.82, 2.24) is 4.90 Å². The third-order valence-electron chi connectivity index (χ3n) is 23.7. The number of nitrogens with zero attached hydrogens (tertiary/aromatic N) is 1. The van der Waals surface area contributed by atoms with Gasteiger partial charge in [0, 0.05) is 18.9 Å². The molecule has 778 valence electrons. The van der Waals surface area contributed by atoms with E-state index in [-0.39, 0.29) is 110 Å². The molecule has 0 spiro atoms. The monoisotopic (exact) mass is 1940 g/mol. The maximum Gasteiger partial charge on any atom is 0.425 e. The van der Waals surface area contributed by atoms with Crippen LogP contribution in [0.2, 0.25) is 0 Å². The lowest BCUT2D eigenvalue weighted by atomic mass is 9.75. The molecule has 2 aliphatic heterocycles. The molecule has 5 rings (SSSR count). The molecule has 19 nitrogen and oxygen atoms in total. The van der Waals surface area contributed by atoms with Gasteiger partial charge in [-0.2, -0.15) is 65.9 Å². The van der Waals surface area contributed by atoms with Crippen molar-refractivity contribution in [2.45, 2.75) is 437 Å². The normalized spacial score (nSPS) is 19.3. The van der Waals surface area contributed by atoms with Crippen LogP contribution in [0.1, 0.15) is 368 Å². The summed E-state index contributed by atoms with van der Waals surface area (Å²) in [4.78, 5) is 103. The standard InChI is InChI=1S/C16H30O2.C14H17F3O2.C13H17F3O.2C10H20O2.C9H15F3O2.2C7H13F3O.C7H11NO2.C6H8O3/c1-7-15(3,4)14(17)18-16(5,6)13-10-8-12(2)9-11-13;1-5-13(3,4)12(18)19-11-7-9(2)6-10(8-11)14(15,16)17;1-4-9(2)10-5-7-11(8-6-10)12(3,17)13(14,15)16;2*1-7-10(5,6)8(11)12-9(2,3)4;1-5-8(3,4)7(13)14-6(2)9(10,11)12;2*1-4-5(2)11-6(3)7(8,9)10;1-4-5(2)7(10)8(3)6(4)9;1-3-4(2)6(8)9-5(3)7/h12-13H,7-11H2,1-6H3;6-8H,5H2,1-4H3;5-9,17H,4H2,1-3H3;2*7H2,1-6H3;6H,5H2,1-4H3;2*5-6H,4H2,1-3H3;4-5H,1-3H3;3-4H,1-2H3. The van der Waals surface area contributed by atoms with Gasteiger partial charge >= 0.3 is 72.7 Å². The van der Waals surface area contributed by atoms with Gasteiger partial charge in [0.25, 0.3) is 0 Å². The van der Waals surface area contributed by atoms with E-state index in [1.807, 2.05) is 125 Å². The third-order valence-corrected chi connectivity index (χ3v) is 23.7. The molecule has 1 N–H and O–H groups in total. The zero-order chi connectivity index (χ0) is 107. The van der Waals surface area contributed by atoms with E-state index >= 15 is 0 Å². The Kier molecular flexibility index (Phi) is 56.7. The first-order valence-electron chi connectivity index (χ1n) is 45.7. The Labute approximate surface area is 784 Å². The second-order valence-electron chi connectivity index (χ2n) is 40.4. The number of likely N-dealkylation sites (tertiary alicyclic amines) is 1. The molecule has 2 amide bonds. The van der Waals surface area contributed by atoms with Crippen LogP contribution in [0.5, 0.6) is 5.75 Å². The number of ether oxygens (including phenoxy) is 8. The lowest BCUT2D eigenvalue weighted by Gasteiger charge is -2.39. The fourth-order valence-electron chi connectivity index (χ4n) is 9.99. The molecular weight excluding hydrogens is 1780 g/mol. The minimum atomic E-state index is -4.66. The Balaban J connectivity index is -0.000000460. The van der Waals surface area contributed by atoms with E-state index < -0.39 is 95.1 Å². The highest BCUT2D eigenvalue weighted by Crippen LogP contribution is 2.42. The van der Waals surface area contributed by atoms with Crippen molar-refractivity contribution in [3.05, 3.63) is 64.7 Å². The summed E-state index contributed by atoms with van der Waals surface area (Å²) in [6.07, 6.45) is -17.6. The lowest BCUT2D eigenvalue weighted by molar-refractivity contribution is -0.258. The van der Waals surface area contributed by atoms with Crippen LogP contribution in [0, 0.1) is 69.5 Å². The quantitative estimate of drug-likeness (QED) is 0.0271. The van der Waals surface area contributed by atoms with Crippen LogP contribution >= 0.6 is 0 Å². The van der Waals surface area contributed by atoms with E-state index in [1.165, 1.54) is 62.8 Å². The van der Waals surface area contributed by atoms with Gasteiger partial charge in [0.05, 0.1) is 56.7 Å². The molecule has 0 aromatic heterocycles. The molecule has 0 bridgehead atoms. The minimum Gasteiger partial charge on any atom is -0.460 e. The average Bonchev–Trinajstić information content (AvgIpc) is 1.31. The van der Waals surface area contributed by atoms with Crippen LogP contribution in [0.25, 0.3) is 0 Å². The van der Waals surface area contributed by atoms with Gasteiger partial charge in [-0.15, -0.1) is 0 Å². The molecule has 11 atom stereocenters. The second kappa shape index (κ2) is 56.1. The van der Waals surface area contributed by atoms with Gasteiger partial charge in [-0.1, -0.05) is 134 Å². The molecule has 3 aliphatic rings. The Morgan fingerprint density at radius 1 is 0.421 bits per heavy atom. The van der Waals surface area contributed by atoms with Crippen molar-refractivity contribution in [2.75, 3.05) is 7.05 Å². The molecule has 34 heteroatoms. The van der Waals surface area contributed by atoms with Crippen LogP contribution in [0.4, 0.5) is 65.9 Å². The number of amides is 2. The number of halogens is 15. The SMILES string of the molecule is CC1C(=O)N(C)C(=O)C1C.CC1C(=O)OC(=O)C1C.CCC(C)(C)C(=O)OC(C)(C)C.CCC(C)(C)C(=O)OC(C)(C)C.CCC(C)(C)C(=O)OC(C)(C)C1CCC(C)CC1.CCC(C)(C)C(=O)OC(C)C(F)(F)F.CCC(C)(C)C(=O)Oc1cc(C)cc(C(F)(F)F)c1.CCC(C)OC(C)C(F)(F)F.CCC(C)OC(C)C(F)(F)F.CCC(C)c1ccc(C(C)(O)C(F)(F)F)cc1. The predicted molar refractivity (Wildman–Crippen MR) is 486 cm³/mol. The van der Waals surface area contributed by atoms with Crippen LogP contribution in [-0.4, -0.2) is 143 Å². The lowest BCUT2D eigenvalue weighted by Crippen LogP contribution is -2.42. The maximum atomic E-state index is 12.6. The van der Waals surface area contributed by atoms with Crippen LogP contribution in [0.3, 0.4) is 0 Å². The first kappa shape index (κ1) is 134. The van der Waals surface area contributed by atoms with E-state index in [4.69, 9.17) is 18.9 Å². The zero-order valence-electron chi connectivity index (χ0n) is 87.0. The average molecular weight is 1940 g/mol. The number of rotatable bonds is 23. The minimum absolute atomic E-state index is 0.0476. The van der Waals surface area contributed by atoms with E-state index in [1.54, 1.807) is 102 Å². The van der Waals surface area contributed by atoms with Crippen LogP contribution in [-0.2, 0) is 88.1 Å². The number of hydrogen-bond acceptors (Lipinski definition) is 18. The predicted octanol–water partition coefficient (Wildman–Crippen LogP) is 27.4. The molecule has 2 heterocycles. The third kappa shape index (κ3) is 51.2. The summed E-state index contributed by atoms with van der Waals surface area (Å²) in [6.45, 7) is 68.4. The molecule has 1 saturated carbocycles. The van der Waals surface area contributed by atoms with Crippen LogP contribution in [0.15, 0.2) is 42.5 Å². The summed E-state index contributed by atoms with van der Waals surface area (Å²) in [5, 5.41) is 9.48. The van der Waals surface area contributed by atoms with Gasteiger partial charge in [-0.05, 0) is 290 Å².